The maximum atomic E-state index is 12.4. The van der Waals surface area contributed by atoms with Crippen LogP contribution < -0.4 is 24.9 Å². The van der Waals surface area contributed by atoms with E-state index in [1.165, 1.54) is 32.7 Å². The maximum Gasteiger partial charge on any atom is 0.261 e. The molecule has 0 aliphatic carbocycles. The summed E-state index contributed by atoms with van der Waals surface area (Å²) in [4.78, 5) is 27.4. The van der Waals surface area contributed by atoms with Crippen LogP contribution in [-0.2, 0) is 10.0 Å². The monoisotopic (exact) mass is 495 g/mol. The van der Waals surface area contributed by atoms with Crippen molar-refractivity contribution in [2.45, 2.75) is 11.9 Å². The van der Waals surface area contributed by atoms with E-state index in [2.05, 4.69) is 19.9 Å². The number of rotatable bonds is 7. The van der Waals surface area contributed by atoms with Gasteiger partial charge in [-0.05, 0) is 36.8 Å². The molecule has 1 aromatic carbocycles. The molecule has 0 atom stereocenters. The molecule has 0 amide bonds. The van der Waals surface area contributed by atoms with Crippen LogP contribution in [0.5, 0.6) is 23.1 Å². The van der Waals surface area contributed by atoms with Gasteiger partial charge in [-0.1, -0.05) is 12.1 Å². The van der Waals surface area contributed by atoms with Crippen LogP contribution in [0.3, 0.4) is 0 Å². The fraction of sp³-hybridized carbons (Fsp3) is 0.130. The number of aryl methyl sites for hydroxylation is 1. The standard InChI is InChI=1S/C23H21N5O6S/c1-13-10-15(23(26-12-13)35(24,30)31)19-20(34-17-7-5-4-6-16(17)32-2)22(33-3)28-21(27-19)14-8-9-25-18(29)11-14/h4-12H,1-3H3,(H,25,29)(H2,24,30,31). The lowest BCUT2D eigenvalue weighted by Crippen LogP contribution is -2.16. The van der Waals surface area contributed by atoms with Gasteiger partial charge in [0.05, 0.1) is 14.2 Å². The van der Waals surface area contributed by atoms with Crippen molar-refractivity contribution in [3.05, 3.63) is 70.8 Å². The lowest BCUT2D eigenvalue weighted by molar-refractivity contribution is 0.347. The predicted molar refractivity (Wildman–Crippen MR) is 127 cm³/mol. The van der Waals surface area contributed by atoms with Crippen LogP contribution in [0.2, 0.25) is 0 Å². The highest BCUT2D eigenvalue weighted by Crippen LogP contribution is 2.43. The fourth-order valence-electron chi connectivity index (χ4n) is 3.32. The number of primary sulfonamides is 1. The van der Waals surface area contributed by atoms with Gasteiger partial charge in [0.25, 0.3) is 15.9 Å². The number of benzene rings is 1. The van der Waals surface area contributed by atoms with Gasteiger partial charge in [-0.3, -0.25) is 4.79 Å². The number of sulfonamides is 1. The summed E-state index contributed by atoms with van der Waals surface area (Å²) in [6, 6.07) is 11.3. The minimum Gasteiger partial charge on any atom is -0.493 e. The molecule has 0 aliphatic rings. The van der Waals surface area contributed by atoms with Gasteiger partial charge in [0.1, 0.15) is 5.69 Å². The summed E-state index contributed by atoms with van der Waals surface area (Å²) >= 11 is 0. The molecule has 3 aromatic heterocycles. The third-order valence-corrected chi connectivity index (χ3v) is 5.72. The Labute approximate surface area is 200 Å². The molecule has 0 spiro atoms. The van der Waals surface area contributed by atoms with Crippen LogP contribution in [0.1, 0.15) is 5.56 Å². The van der Waals surface area contributed by atoms with E-state index in [0.29, 0.717) is 22.6 Å². The van der Waals surface area contributed by atoms with Crippen molar-refractivity contribution >= 4 is 10.0 Å². The molecule has 3 heterocycles. The van der Waals surface area contributed by atoms with E-state index in [9.17, 15) is 13.2 Å². The Hall–Kier alpha value is -4.29. The van der Waals surface area contributed by atoms with E-state index in [1.807, 2.05) is 0 Å². The first kappa shape index (κ1) is 23.9. The van der Waals surface area contributed by atoms with E-state index >= 15 is 0 Å². The Kier molecular flexibility index (Phi) is 6.49. The molecule has 35 heavy (non-hydrogen) atoms. The van der Waals surface area contributed by atoms with E-state index in [1.54, 1.807) is 43.3 Å². The van der Waals surface area contributed by atoms with Crippen LogP contribution in [0.4, 0.5) is 0 Å². The van der Waals surface area contributed by atoms with Crippen molar-refractivity contribution in [1.29, 1.82) is 0 Å². The quantitative estimate of drug-likeness (QED) is 0.393. The molecule has 0 bridgehead atoms. The zero-order valence-corrected chi connectivity index (χ0v) is 19.8. The summed E-state index contributed by atoms with van der Waals surface area (Å²) in [6.07, 6.45) is 2.82. The van der Waals surface area contributed by atoms with Crippen molar-refractivity contribution in [2.24, 2.45) is 5.14 Å². The number of ether oxygens (including phenoxy) is 3. The first-order valence-electron chi connectivity index (χ1n) is 10.2. The molecular formula is C23H21N5O6S. The molecule has 0 radical (unpaired) electrons. The Bertz CT molecular complexity index is 1570. The Morgan fingerprint density at radius 2 is 1.74 bits per heavy atom. The molecule has 4 aromatic rings. The number of aromatic nitrogens is 4. The van der Waals surface area contributed by atoms with Crippen LogP contribution in [0.15, 0.2) is 64.7 Å². The number of nitrogens with two attached hydrogens (primary N) is 1. The second-order valence-electron chi connectivity index (χ2n) is 7.34. The van der Waals surface area contributed by atoms with E-state index in [-0.39, 0.29) is 34.3 Å². The smallest absolute Gasteiger partial charge is 0.261 e. The van der Waals surface area contributed by atoms with Crippen LogP contribution in [0.25, 0.3) is 22.6 Å². The molecule has 0 unspecified atom stereocenters. The second-order valence-corrected chi connectivity index (χ2v) is 8.82. The third kappa shape index (κ3) is 4.98. The second kappa shape index (κ2) is 9.52. The highest BCUT2D eigenvalue weighted by atomic mass is 32.2. The summed E-state index contributed by atoms with van der Waals surface area (Å²) < 4.78 is 41.8. The van der Waals surface area contributed by atoms with Gasteiger partial charge in [0.2, 0.25) is 11.3 Å². The number of aromatic amines is 1. The normalized spacial score (nSPS) is 11.2. The predicted octanol–water partition coefficient (Wildman–Crippen LogP) is 2.66. The number of para-hydroxylation sites is 2. The zero-order valence-electron chi connectivity index (χ0n) is 19.0. The summed E-state index contributed by atoms with van der Waals surface area (Å²) in [6.45, 7) is 1.74. The average Bonchev–Trinajstić information content (AvgIpc) is 2.83. The Morgan fingerprint density at radius 1 is 1.00 bits per heavy atom. The van der Waals surface area contributed by atoms with Crippen LogP contribution in [0, 0.1) is 6.92 Å². The van der Waals surface area contributed by atoms with Crippen LogP contribution in [-0.4, -0.2) is 42.6 Å². The van der Waals surface area contributed by atoms with Crippen molar-refractivity contribution in [1.82, 2.24) is 19.9 Å². The number of nitrogens with zero attached hydrogens (tertiary/aromatic N) is 3. The molecule has 180 valence electrons. The Morgan fingerprint density at radius 3 is 2.40 bits per heavy atom. The molecule has 0 saturated heterocycles. The minimum atomic E-state index is -4.25. The Balaban J connectivity index is 2.07. The summed E-state index contributed by atoms with van der Waals surface area (Å²) in [5, 5.41) is 5.05. The van der Waals surface area contributed by atoms with Crippen molar-refractivity contribution in [2.75, 3.05) is 14.2 Å². The van der Waals surface area contributed by atoms with Gasteiger partial charge in [0, 0.05) is 29.6 Å². The van der Waals surface area contributed by atoms with Gasteiger partial charge >= 0.3 is 0 Å². The van der Waals surface area contributed by atoms with Crippen LogP contribution >= 0.6 is 0 Å². The minimum absolute atomic E-state index is 0.00268. The van der Waals surface area contributed by atoms with Gasteiger partial charge in [-0.15, -0.1) is 0 Å². The molecule has 12 heteroatoms. The summed E-state index contributed by atoms with van der Waals surface area (Å²) in [7, 11) is -1.40. The van der Waals surface area contributed by atoms with E-state index in [0.717, 1.165) is 0 Å². The average molecular weight is 496 g/mol. The molecule has 4 rings (SSSR count). The first-order valence-corrected chi connectivity index (χ1v) is 11.7. The highest BCUT2D eigenvalue weighted by Gasteiger charge is 2.27. The largest absolute Gasteiger partial charge is 0.493 e. The highest BCUT2D eigenvalue weighted by molar-refractivity contribution is 7.89. The molecule has 3 N–H and O–H groups in total. The molecule has 0 fully saturated rings. The van der Waals surface area contributed by atoms with Crippen molar-refractivity contribution in [3.8, 4) is 45.8 Å². The van der Waals surface area contributed by atoms with Gasteiger partial charge in [0.15, 0.2) is 22.3 Å². The SMILES string of the molecule is COc1ccccc1Oc1c(OC)nc(-c2cc[nH]c(=O)c2)nc1-c1cc(C)cnc1S(N)(=O)=O. The molecule has 0 aliphatic heterocycles. The number of hydrogen-bond acceptors (Lipinski definition) is 9. The number of methoxy groups -OCH3 is 2. The molecular weight excluding hydrogens is 474 g/mol. The zero-order chi connectivity index (χ0) is 25.2. The lowest BCUT2D eigenvalue weighted by atomic mass is 10.1. The summed E-state index contributed by atoms with van der Waals surface area (Å²) in [5.41, 5.74) is 0.756. The van der Waals surface area contributed by atoms with E-state index in [4.69, 9.17) is 19.3 Å². The van der Waals surface area contributed by atoms with Crippen molar-refractivity contribution < 1.29 is 22.6 Å². The van der Waals surface area contributed by atoms with Gasteiger partial charge in [-0.2, -0.15) is 4.98 Å². The number of H-pyrrole nitrogens is 1. The molecule has 11 nitrogen and oxygen atoms in total. The summed E-state index contributed by atoms with van der Waals surface area (Å²) in [5.74, 6) is 0.797. The topological polar surface area (TPSA) is 159 Å². The number of hydrogen-bond donors (Lipinski definition) is 2. The maximum absolute atomic E-state index is 12.4. The number of pyridine rings is 2. The van der Waals surface area contributed by atoms with Crippen molar-refractivity contribution in [3.63, 3.8) is 0 Å². The first-order chi connectivity index (χ1) is 16.7. The van der Waals surface area contributed by atoms with E-state index < -0.39 is 15.0 Å². The molecule has 0 saturated carbocycles. The number of nitrogens with one attached hydrogen (secondary N) is 1. The lowest BCUT2D eigenvalue weighted by Gasteiger charge is -2.17. The van der Waals surface area contributed by atoms with Gasteiger partial charge in [-0.25, -0.2) is 23.5 Å². The third-order valence-electron chi connectivity index (χ3n) is 4.85. The fourth-order valence-corrected chi connectivity index (χ4v) is 3.98. The van der Waals surface area contributed by atoms with Gasteiger partial charge < -0.3 is 19.2 Å².